The molecule has 0 saturated carbocycles. The largest absolute Gasteiger partial charge is 0.370 e. The molecule has 3 nitrogen and oxygen atoms in total. The Bertz CT molecular complexity index is 634. The third-order valence-electron chi connectivity index (χ3n) is 2.72. The van der Waals surface area contributed by atoms with Gasteiger partial charge in [-0.1, -0.05) is 17.7 Å². The summed E-state index contributed by atoms with van der Waals surface area (Å²) in [6, 6.07) is 10.0. The number of benzene rings is 2. The number of hydrogen-bond donors (Lipinski definition) is 2. The van der Waals surface area contributed by atoms with Crippen LogP contribution in [0, 0.1) is 5.82 Å². The van der Waals surface area contributed by atoms with Crippen LogP contribution in [0.5, 0.6) is 0 Å². The molecule has 2 aromatic rings. The third kappa shape index (κ3) is 3.49. The van der Waals surface area contributed by atoms with E-state index in [1.165, 1.54) is 24.3 Å². The molecule has 104 valence electrons. The molecular weight excluding hydrogens is 347 g/mol. The first-order valence-corrected chi connectivity index (χ1v) is 6.91. The van der Waals surface area contributed by atoms with Crippen molar-refractivity contribution in [1.82, 2.24) is 0 Å². The molecule has 1 atom stereocenters. The summed E-state index contributed by atoms with van der Waals surface area (Å²) < 4.78 is 13.5. The van der Waals surface area contributed by atoms with E-state index in [1.54, 1.807) is 18.2 Å². The smallest absolute Gasteiger partial charge is 0.244 e. The quantitative estimate of drug-likeness (QED) is 0.872. The lowest BCUT2D eigenvalue weighted by molar-refractivity contribution is -0.118. The highest BCUT2D eigenvalue weighted by molar-refractivity contribution is 9.10. The minimum atomic E-state index is -0.728. The molecule has 20 heavy (non-hydrogen) atoms. The monoisotopic (exact) mass is 356 g/mol. The van der Waals surface area contributed by atoms with Crippen molar-refractivity contribution in [2.45, 2.75) is 6.04 Å². The first-order chi connectivity index (χ1) is 9.47. The summed E-state index contributed by atoms with van der Waals surface area (Å²) in [6.45, 7) is 0. The van der Waals surface area contributed by atoms with Crippen LogP contribution in [0.2, 0.25) is 5.02 Å². The predicted molar refractivity (Wildman–Crippen MR) is 81.1 cm³/mol. The summed E-state index contributed by atoms with van der Waals surface area (Å²) in [4.78, 5) is 11.6. The minimum Gasteiger partial charge on any atom is -0.370 e. The zero-order valence-corrected chi connectivity index (χ0v) is 12.6. The first-order valence-electron chi connectivity index (χ1n) is 5.74. The van der Waals surface area contributed by atoms with Gasteiger partial charge in [-0.05, 0) is 57.9 Å². The first kappa shape index (κ1) is 14.8. The molecule has 0 saturated heterocycles. The van der Waals surface area contributed by atoms with Gasteiger partial charge in [-0.2, -0.15) is 0 Å². The number of carbonyl (C=O) groups excluding carboxylic acids is 1. The van der Waals surface area contributed by atoms with E-state index in [1.807, 2.05) is 0 Å². The molecule has 6 heteroatoms. The van der Waals surface area contributed by atoms with Crippen molar-refractivity contribution in [2.75, 3.05) is 5.32 Å². The topological polar surface area (TPSA) is 55.1 Å². The second-order valence-electron chi connectivity index (χ2n) is 4.16. The SMILES string of the molecule is NC(=O)C(Nc1ccc(F)cc1)c1ccc(Cl)c(Br)c1. The Morgan fingerprint density at radius 2 is 1.90 bits per heavy atom. The lowest BCUT2D eigenvalue weighted by atomic mass is 10.1. The predicted octanol–water partition coefficient (Wildman–Crippen LogP) is 3.88. The Hall–Kier alpha value is -1.59. The van der Waals surface area contributed by atoms with Gasteiger partial charge in [0.2, 0.25) is 5.91 Å². The van der Waals surface area contributed by atoms with Crippen LogP contribution < -0.4 is 11.1 Å². The summed E-state index contributed by atoms with van der Waals surface area (Å²) in [5, 5.41) is 3.50. The van der Waals surface area contributed by atoms with Crippen LogP contribution in [-0.4, -0.2) is 5.91 Å². The lowest BCUT2D eigenvalue weighted by Crippen LogP contribution is -2.27. The van der Waals surface area contributed by atoms with Crippen molar-refractivity contribution < 1.29 is 9.18 Å². The van der Waals surface area contributed by atoms with Crippen LogP contribution in [0.25, 0.3) is 0 Å². The van der Waals surface area contributed by atoms with Gasteiger partial charge in [0, 0.05) is 10.2 Å². The van der Waals surface area contributed by atoms with Crippen molar-refractivity contribution in [3.05, 3.63) is 63.3 Å². The number of carbonyl (C=O) groups is 1. The van der Waals surface area contributed by atoms with Gasteiger partial charge in [-0.3, -0.25) is 4.79 Å². The summed E-state index contributed by atoms with van der Waals surface area (Å²) in [6.07, 6.45) is 0. The summed E-state index contributed by atoms with van der Waals surface area (Å²) >= 11 is 9.21. The Morgan fingerprint density at radius 1 is 1.25 bits per heavy atom. The van der Waals surface area contributed by atoms with E-state index in [9.17, 15) is 9.18 Å². The highest BCUT2D eigenvalue weighted by Crippen LogP contribution is 2.27. The molecule has 1 unspecified atom stereocenters. The van der Waals surface area contributed by atoms with Gasteiger partial charge in [0.25, 0.3) is 0 Å². The van der Waals surface area contributed by atoms with Crippen LogP contribution >= 0.6 is 27.5 Å². The highest BCUT2D eigenvalue weighted by atomic mass is 79.9. The Morgan fingerprint density at radius 3 is 2.45 bits per heavy atom. The number of amides is 1. The zero-order valence-electron chi connectivity index (χ0n) is 10.2. The van der Waals surface area contributed by atoms with Crippen LogP contribution in [0.4, 0.5) is 10.1 Å². The van der Waals surface area contributed by atoms with E-state index in [0.717, 1.165) is 0 Å². The molecule has 2 aromatic carbocycles. The molecule has 0 aliphatic rings. The molecule has 0 spiro atoms. The van der Waals surface area contributed by atoms with Gasteiger partial charge in [0.1, 0.15) is 11.9 Å². The number of hydrogen-bond acceptors (Lipinski definition) is 2. The summed E-state index contributed by atoms with van der Waals surface area (Å²) in [5.41, 5.74) is 6.67. The van der Waals surface area contributed by atoms with E-state index >= 15 is 0 Å². The van der Waals surface area contributed by atoms with Crippen molar-refractivity contribution >= 4 is 39.1 Å². The molecule has 0 radical (unpaired) electrons. The Labute approximate surface area is 129 Å². The van der Waals surface area contributed by atoms with Gasteiger partial charge in [-0.15, -0.1) is 0 Å². The second-order valence-corrected chi connectivity index (χ2v) is 5.42. The highest BCUT2D eigenvalue weighted by Gasteiger charge is 2.18. The average molecular weight is 358 g/mol. The number of halogens is 3. The fourth-order valence-electron chi connectivity index (χ4n) is 1.72. The van der Waals surface area contributed by atoms with E-state index < -0.39 is 11.9 Å². The minimum absolute atomic E-state index is 0.347. The lowest BCUT2D eigenvalue weighted by Gasteiger charge is -2.17. The van der Waals surface area contributed by atoms with Crippen molar-refractivity contribution in [3.8, 4) is 0 Å². The molecule has 2 rings (SSSR count). The fourth-order valence-corrected chi connectivity index (χ4v) is 2.24. The number of nitrogens with one attached hydrogen (secondary N) is 1. The molecular formula is C14H11BrClFN2O. The maximum atomic E-state index is 12.9. The van der Waals surface area contributed by atoms with Crippen LogP contribution in [0.1, 0.15) is 11.6 Å². The number of rotatable bonds is 4. The van der Waals surface area contributed by atoms with Crippen LogP contribution in [-0.2, 0) is 4.79 Å². The molecule has 0 heterocycles. The standard InChI is InChI=1S/C14H11BrClFN2O/c15-11-7-8(1-6-12(11)16)13(14(18)20)19-10-4-2-9(17)3-5-10/h1-7,13,19H,(H2,18,20). The molecule has 0 fully saturated rings. The normalized spacial score (nSPS) is 11.9. The number of primary amides is 1. The van der Waals surface area contributed by atoms with Gasteiger partial charge in [0.05, 0.1) is 5.02 Å². The maximum absolute atomic E-state index is 12.9. The van der Waals surface area contributed by atoms with Crippen molar-refractivity contribution in [3.63, 3.8) is 0 Å². The van der Waals surface area contributed by atoms with E-state index in [4.69, 9.17) is 17.3 Å². The van der Waals surface area contributed by atoms with Crippen molar-refractivity contribution in [2.24, 2.45) is 5.73 Å². The van der Waals surface area contributed by atoms with E-state index in [-0.39, 0.29) is 5.82 Å². The molecule has 0 aliphatic heterocycles. The van der Waals surface area contributed by atoms with Gasteiger partial charge in [-0.25, -0.2) is 4.39 Å². The van der Waals surface area contributed by atoms with Gasteiger partial charge in [0.15, 0.2) is 0 Å². The molecule has 1 amide bonds. The third-order valence-corrected chi connectivity index (χ3v) is 3.93. The van der Waals surface area contributed by atoms with E-state index in [0.29, 0.717) is 20.7 Å². The Balaban J connectivity index is 2.29. The maximum Gasteiger partial charge on any atom is 0.244 e. The molecule has 0 aromatic heterocycles. The molecule has 3 N–H and O–H groups in total. The van der Waals surface area contributed by atoms with Gasteiger partial charge >= 0.3 is 0 Å². The number of anilines is 1. The average Bonchev–Trinajstić information content (AvgIpc) is 2.41. The van der Waals surface area contributed by atoms with Crippen LogP contribution in [0.15, 0.2) is 46.9 Å². The van der Waals surface area contributed by atoms with E-state index in [2.05, 4.69) is 21.2 Å². The summed E-state index contributed by atoms with van der Waals surface area (Å²) in [7, 11) is 0. The zero-order chi connectivity index (χ0) is 14.7. The number of nitrogens with two attached hydrogens (primary N) is 1. The van der Waals surface area contributed by atoms with Gasteiger partial charge < -0.3 is 11.1 Å². The molecule has 0 bridgehead atoms. The molecule has 0 aliphatic carbocycles. The summed E-state index contributed by atoms with van der Waals surface area (Å²) in [5.74, 6) is -0.885. The second kappa shape index (κ2) is 6.24. The fraction of sp³-hybridized carbons (Fsp3) is 0.0714. The Kier molecular flexibility index (Phi) is 4.62. The van der Waals surface area contributed by atoms with Crippen molar-refractivity contribution in [1.29, 1.82) is 0 Å². The van der Waals surface area contributed by atoms with Crippen LogP contribution in [0.3, 0.4) is 0 Å².